The van der Waals surface area contributed by atoms with Crippen molar-refractivity contribution in [2.24, 2.45) is 0 Å². The molecule has 1 aliphatic carbocycles. The molecule has 0 unspecified atom stereocenters. The number of aromatic amines is 1. The molecular weight excluding hydrogens is 218 g/mol. The lowest BCUT2D eigenvalue weighted by molar-refractivity contribution is 0.699. The van der Waals surface area contributed by atoms with Crippen LogP contribution in [0.25, 0.3) is 0 Å². The van der Waals surface area contributed by atoms with Crippen LogP contribution in [-0.2, 0) is 6.54 Å². The van der Waals surface area contributed by atoms with Crippen LogP contribution in [0.3, 0.4) is 0 Å². The second-order valence-corrected chi connectivity index (χ2v) is 4.15. The summed E-state index contributed by atoms with van der Waals surface area (Å²) in [5.74, 6) is 0.397. The maximum absolute atomic E-state index is 12.0. The molecule has 2 N–H and O–H groups in total. The summed E-state index contributed by atoms with van der Waals surface area (Å²) in [6.45, 7) is 0.525. The van der Waals surface area contributed by atoms with Crippen molar-refractivity contribution in [2.45, 2.75) is 25.4 Å². The molecule has 1 fully saturated rings. The fourth-order valence-electron chi connectivity index (χ4n) is 1.75. The van der Waals surface area contributed by atoms with Gasteiger partial charge in [0.2, 0.25) is 0 Å². The molecule has 2 aromatic heterocycles. The van der Waals surface area contributed by atoms with Gasteiger partial charge >= 0.3 is 0 Å². The van der Waals surface area contributed by atoms with Crippen LogP contribution < -0.4 is 10.9 Å². The van der Waals surface area contributed by atoms with E-state index in [0.29, 0.717) is 18.4 Å². The average molecular weight is 231 g/mol. The van der Waals surface area contributed by atoms with Gasteiger partial charge in [0.15, 0.2) is 5.82 Å². The minimum absolute atomic E-state index is 0.0467. The molecule has 0 bridgehead atoms. The van der Waals surface area contributed by atoms with E-state index in [1.807, 2.05) is 6.07 Å². The van der Waals surface area contributed by atoms with E-state index < -0.39 is 0 Å². The van der Waals surface area contributed by atoms with Crippen molar-refractivity contribution >= 4 is 5.82 Å². The maximum Gasteiger partial charge on any atom is 0.293 e. The lowest BCUT2D eigenvalue weighted by atomic mass is 10.4. The standard InChI is InChI=1S/C11H13N5O/c17-11-10(13-7-8-3-4-14-15-8)12-5-6-16(11)9-1-2-9/h3-6,9H,1-2,7H2,(H,12,13)(H,14,15). The smallest absolute Gasteiger partial charge is 0.293 e. The normalized spacial score (nSPS) is 14.8. The number of nitrogens with zero attached hydrogens (tertiary/aromatic N) is 3. The van der Waals surface area contributed by atoms with Gasteiger partial charge in [-0.1, -0.05) is 0 Å². The lowest BCUT2D eigenvalue weighted by Gasteiger charge is -2.06. The van der Waals surface area contributed by atoms with Crippen LogP contribution in [-0.4, -0.2) is 19.7 Å². The first-order valence-electron chi connectivity index (χ1n) is 5.64. The molecule has 88 valence electrons. The molecule has 2 aromatic rings. The molecule has 6 nitrogen and oxygen atoms in total. The molecule has 17 heavy (non-hydrogen) atoms. The molecule has 0 aromatic carbocycles. The topological polar surface area (TPSA) is 75.6 Å². The highest BCUT2D eigenvalue weighted by Gasteiger charge is 2.25. The molecule has 6 heteroatoms. The molecule has 3 rings (SSSR count). The van der Waals surface area contributed by atoms with E-state index in [1.54, 1.807) is 23.2 Å². The summed E-state index contributed by atoms with van der Waals surface area (Å²) in [6.07, 6.45) is 7.27. The highest BCUT2D eigenvalue weighted by atomic mass is 16.1. The van der Waals surface area contributed by atoms with Gasteiger partial charge in [0.05, 0.1) is 12.2 Å². The van der Waals surface area contributed by atoms with E-state index in [9.17, 15) is 4.79 Å². The summed E-state index contributed by atoms with van der Waals surface area (Å²) < 4.78 is 1.75. The van der Waals surface area contributed by atoms with Gasteiger partial charge < -0.3 is 9.88 Å². The zero-order valence-corrected chi connectivity index (χ0v) is 9.26. The van der Waals surface area contributed by atoms with E-state index in [2.05, 4.69) is 20.5 Å². The van der Waals surface area contributed by atoms with Crippen LogP contribution in [0.5, 0.6) is 0 Å². The number of rotatable bonds is 4. The third-order valence-corrected chi connectivity index (χ3v) is 2.81. The van der Waals surface area contributed by atoms with Crippen molar-refractivity contribution in [1.29, 1.82) is 0 Å². The average Bonchev–Trinajstić information content (AvgIpc) is 3.04. The summed E-state index contributed by atoms with van der Waals surface area (Å²) in [5, 5.41) is 9.69. The first-order chi connectivity index (χ1) is 8.34. The summed E-state index contributed by atoms with van der Waals surface area (Å²) in [5.41, 5.74) is 0.877. The Morgan fingerprint density at radius 3 is 3.06 bits per heavy atom. The minimum atomic E-state index is -0.0467. The second-order valence-electron chi connectivity index (χ2n) is 4.15. The molecule has 0 amide bonds. The summed E-state index contributed by atoms with van der Waals surface area (Å²) >= 11 is 0. The van der Waals surface area contributed by atoms with E-state index in [0.717, 1.165) is 18.5 Å². The largest absolute Gasteiger partial charge is 0.360 e. The van der Waals surface area contributed by atoms with Crippen LogP contribution in [0.15, 0.2) is 29.5 Å². The van der Waals surface area contributed by atoms with Crippen LogP contribution >= 0.6 is 0 Å². The quantitative estimate of drug-likeness (QED) is 0.820. The monoisotopic (exact) mass is 231 g/mol. The second kappa shape index (κ2) is 4.04. The summed E-state index contributed by atoms with van der Waals surface area (Å²) in [6, 6.07) is 2.23. The third kappa shape index (κ3) is 2.06. The van der Waals surface area contributed by atoms with Crippen molar-refractivity contribution in [2.75, 3.05) is 5.32 Å². The zero-order chi connectivity index (χ0) is 11.7. The molecule has 0 saturated heterocycles. The maximum atomic E-state index is 12.0. The van der Waals surface area contributed by atoms with Crippen molar-refractivity contribution in [3.05, 3.63) is 40.7 Å². The molecule has 0 aliphatic heterocycles. The van der Waals surface area contributed by atoms with E-state index in [4.69, 9.17) is 0 Å². The fourth-order valence-corrected chi connectivity index (χ4v) is 1.75. The van der Waals surface area contributed by atoms with Crippen LogP contribution in [0.4, 0.5) is 5.82 Å². The fraction of sp³-hybridized carbons (Fsp3) is 0.364. The Balaban J connectivity index is 1.78. The van der Waals surface area contributed by atoms with Gasteiger partial charge in [0.25, 0.3) is 5.56 Å². The number of nitrogens with one attached hydrogen (secondary N) is 2. The third-order valence-electron chi connectivity index (χ3n) is 2.81. The van der Waals surface area contributed by atoms with Crippen LogP contribution in [0.2, 0.25) is 0 Å². The Morgan fingerprint density at radius 1 is 1.47 bits per heavy atom. The van der Waals surface area contributed by atoms with Gasteiger partial charge in [-0.2, -0.15) is 5.10 Å². The molecule has 0 atom stereocenters. The van der Waals surface area contributed by atoms with Gasteiger partial charge in [-0.3, -0.25) is 9.89 Å². The van der Waals surface area contributed by atoms with Gasteiger partial charge in [-0.15, -0.1) is 0 Å². The first-order valence-corrected chi connectivity index (χ1v) is 5.64. The molecule has 0 spiro atoms. The molecule has 2 heterocycles. The molecule has 0 radical (unpaired) electrons. The van der Waals surface area contributed by atoms with Gasteiger partial charge in [-0.25, -0.2) is 4.98 Å². The van der Waals surface area contributed by atoms with E-state index in [-0.39, 0.29) is 5.56 Å². The van der Waals surface area contributed by atoms with Crippen molar-refractivity contribution in [3.8, 4) is 0 Å². The summed E-state index contributed by atoms with van der Waals surface area (Å²) in [4.78, 5) is 16.1. The Labute approximate surface area is 97.7 Å². The van der Waals surface area contributed by atoms with Gasteiger partial charge in [-0.05, 0) is 18.9 Å². The first kappa shape index (κ1) is 10.1. The Hall–Kier alpha value is -2.11. The van der Waals surface area contributed by atoms with Crippen LogP contribution in [0, 0.1) is 0 Å². The van der Waals surface area contributed by atoms with Gasteiger partial charge in [0.1, 0.15) is 0 Å². The van der Waals surface area contributed by atoms with Crippen molar-refractivity contribution in [1.82, 2.24) is 19.7 Å². The number of anilines is 1. The van der Waals surface area contributed by atoms with Crippen molar-refractivity contribution < 1.29 is 0 Å². The number of aromatic nitrogens is 4. The Bertz CT molecular complexity index is 555. The molecule has 1 saturated carbocycles. The zero-order valence-electron chi connectivity index (χ0n) is 9.26. The van der Waals surface area contributed by atoms with Crippen LogP contribution in [0.1, 0.15) is 24.6 Å². The summed E-state index contributed by atoms with van der Waals surface area (Å²) in [7, 11) is 0. The van der Waals surface area contributed by atoms with Gasteiger partial charge in [0, 0.05) is 24.6 Å². The Morgan fingerprint density at radius 2 is 2.35 bits per heavy atom. The number of hydrogen-bond donors (Lipinski definition) is 2. The molecular formula is C11H13N5O. The SMILES string of the molecule is O=c1c(NCc2ccn[nH]2)nccn1C1CC1. The Kier molecular flexibility index (Phi) is 2.40. The number of H-pyrrole nitrogens is 1. The van der Waals surface area contributed by atoms with Crippen molar-refractivity contribution in [3.63, 3.8) is 0 Å². The van der Waals surface area contributed by atoms with E-state index in [1.165, 1.54) is 0 Å². The predicted octanol–water partition coefficient (Wildman–Crippen LogP) is 0.913. The predicted molar refractivity (Wildman–Crippen MR) is 62.7 cm³/mol. The highest BCUT2D eigenvalue weighted by Crippen LogP contribution is 2.33. The van der Waals surface area contributed by atoms with E-state index >= 15 is 0 Å². The highest BCUT2D eigenvalue weighted by molar-refractivity contribution is 5.31. The molecule has 1 aliphatic rings. The number of hydrogen-bond acceptors (Lipinski definition) is 4. The minimum Gasteiger partial charge on any atom is -0.360 e. The lowest BCUT2D eigenvalue weighted by Crippen LogP contribution is -2.23.